The Kier molecular flexibility index (Phi) is 7.39. The summed E-state index contributed by atoms with van der Waals surface area (Å²) in [6.07, 6.45) is 2.59. The first kappa shape index (κ1) is 29.9. The van der Waals surface area contributed by atoms with Gasteiger partial charge in [0.15, 0.2) is 11.3 Å². The molecule has 0 fully saturated rings. The van der Waals surface area contributed by atoms with Gasteiger partial charge >= 0.3 is 0 Å². The zero-order valence-corrected chi connectivity index (χ0v) is 25.0. The highest BCUT2D eigenvalue weighted by Gasteiger charge is 2.27. The molecular formula is C31H26N12O5. The molecule has 0 spiro atoms. The number of nitrogen functional groups attached to an aromatic ring is 1. The van der Waals surface area contributed by atoms with E-state index in [1.807, 2.05) is 30.3 Å². The van der Waals surface area contributed by atoms with Crippen molar-refractivity contribution in [2.75, 3.05) is 11.1 Å². The Balaban J connectivity index is 1.09. The minimum absolute atomic E-state index is 0.00937. The topological polar surface area (TPSA) is 258 Å². The normalized spacial score (nSPS) is 13.8. The van der Waals surface area contributed by atoms with Crippen LogP contribution >= 0.6 is 0 Å². The second-order valence-electron chi connectivity index (χ2n) is 11.2. The first-order valence-corrected chi connectivity index (χ1v) is 14.7. The third-order valence-electron chi connectivity index (χ3n) is 8.19. The first-order chi connectivity index (χ1) is 23.2. The van der Waals surface area contributed by atoms with Crippen LogP contribution in [0.5, 0.6) is 0 Å². The quantitative estimate of drug-likeness (QED) is 0.109. The van der Waals surface area contributed by atoms with Gasteiger partial charge in [-0.25, -0.2) is 9.97 Å². The van der Waals surface area contributed by atoms with Crippen LogP contribution < -0.4 is 38.3 Å². The molecule has 8 N–H and O–H groups in total. The molecule has 3 aromatic carbocycles. The molecule has 1 atom stereocenters. The van der Waals surface area contributed by atoms with E-state index in [0.29, 0.717) is 18.7 Å². The Morgan fingerprint density at radius 1 is 1.00 bits per heavy atom. The van der Waals surface area contributed by atoms with Gasteiger partial charge in [0.05, 0.1) is 6.04 Å². The molecule has 17 nitrogen and oxygen atoms in total. The van der Waals surface area contributed by atoms with Crippen molar-refractivity contribution in [3.05, 3.63) is 115 Å². The molecule has 17 heteroatoms. The third kappa shape index (κ3) is 5.38. The number of aryl methyl sites for hydroxylation is 1. The zero-order valence-electron chi connectivity index (χ0n) is 25.0. The molecule has 0 unspecified atom stereocenters. The number of nitrogens with zero attached hydrogens (tertiary/aromatic N) is 6. The number of tetrazole rings is 1. The van der Waals surface area contributed by atoms with Crippen molar-refractivity contribution in [2.24, 2.45) is 5.73 Å². The number of primary amides is 1. The number of hydrogen-bond donors (Lipinski definition) is 6. The molecule has 3 amide bonds. The molecule has 0 saturated carbocycles. The van der Waals surface area contributed by atoms with E-state index in [1.54, 1.807) is 12.1 Å². The molecular weight excluding hydrogens is 620 g/mol. The highest BCUT2D eigenvalue weighted by molar-refractivity contribution is 6.01. The Hall–Kier alpha value is -6.78. The van der Waals surface area contributed by atoms with Gasteiger partial charge in [-0.05, 0) is 52.4 Å². The van der Waals surface area contributed by atoms with E-state index in [1.165, 1.54) is 16.8 Å². The van der Waals surface area contributed by atoms with Crippen LogP contribution in [-0.2, 0) is 19.5 Å². The van der Waals surface area contributed by atoms with Gasteiger partial charge in [-0.3, -0.25) is 28.4 Å². The molecule has 0 radical (unpaired) electrons. The fourth-order valence-corrected chi connectivity index (χ4v) is 5.76. The van der Waals surface area contributed by atoms with E-state index in [4.69, 9.17) is 11.5 Å². The SMILES string of the molecule is NC(=O)c1ncn2c(C(=O)NCc3cccc(CNc4c(N)c(=O)c4=O)c3)cc(C(=O)N[C@H]3CCc4cc(-c5nn[nH]n5)ccc43)nc12. The number of imidazole rings is 1. The van der Waals surface area contributed by atoms with Gasteiger partial charge in [-0.2, -0.15) is 5.21 Å². The Labute approximate surface area is 269 Å². The zero-order chi connectivity index (χ0) is 33.5. The first-order valence-electron chi connectivity index (χ1n) is 14.7. The number of rotatable bonds is 10. The second-order valence-corrected chi connectivity index (χ2v) is 11.2. The smallest absolute Gasteiger partial charge is 0.271 e. The maximum absolute atomic E-state index is 13.6. The lowest BCUT2D eigenvalue weighted by Crippen LogP contribution is -2.36. The van der Waals surface area contributed by atoms with Crippen molar-refractivity contribution in [3.8, 4) is 11.4 Å². The molecule has 48 heavy (non-hydrogen) atoms. The van der Waals surface area contributed by atoms with Gasteiger partial charge in [0, 0.05) is 18.7 Å². The summed E-state index contributed by atoms with van der Waals surface area (Å²) in [5, 5.41) is 22.7. The average molecular weight is 647 g/mol. The predicted molar refractivity (Wildman–Crippen MR) is 170 cm³/mol. The molecule has 7 rings (SSSR count). The lowest BCUT2D eigenvalue weighted by atomic mass is 10.0. The van der Waals surface area contributed by atoms with E-state index in [2.05, 4.69) is 46.5 Å². The third-order valence-corrected chi connectivity index (χ3v) is 8.19. The Morgan fingerprint density at radius 3 is 2.56 bits per heavy atom. The van der Waals surface area contributed by atoms with Gasteiger partial charge in [0.25, 0.3) is 28.6 Å². The molecule has 3 aromatic heterocycles. The van der Waals surface area contributed by atoms with Crippen molar-refractivity contribution in [1.82, 2.24) is 45.6 Å². The molecule has 0 saturated heterocycles. The van der Waals surface area contributed by atoms with Crippen LogP contribution in [0, 0.1) is 0 Å². The van der Waals surface area contributed by atoms with Crippen molar-refractivity contribution in [3.63, 3.8) is 0 Å². The monoisotopic (exact) mass is 646 g/mol. The molecule has 1 aliphatic carbocycles. The maximum atomic E-state index is 13.6. The van der Waals surface area contributed by atoms with Gasteiger partial charge in [0.2, 0.25) is 5.82 Å². The molecule has 1 aliphatic rings. The van der Waals surface area contributed by atoms with Crippen LogP contribution in [-0.4, -0.2) is 52.7 Å². The number of hydrogen-bond acceptors (Lipinski definition) is 12. The van der Waals surface area contributed by atoms with Crippen LogP contribution in [0.1, 0.15) is 66.2 Å². The van der Waals surface area contributed by atoms with Crippen molar-refractivity contribution >= 4 is 34.7 Å². The fraction of sp³-hybridized carbons (Fsp3) is 0.161. The molecule has 0 aliphatic heterocycles. The summed E-state index contributed by atoms with van der Waals surface area (Å²) in [5.41, 5.74) is 13.7. The van der Waals surface area contributed by atoms with E-state index in [9.17, 15) is 24.0 Å². The van der Waals surface area contributed by atoms with Crippen LogP contribution in [0.2, 0.25) is 0 Å². The van der Waals surface area contributed by atoms with E-state index in [0.717, 1.165) is 27.8 Å². The minimum Gasteiger partial charge on any atom is -0.394 e. The largest absolute Gasteiger partial charge is 0.394 e. The maximum Gasteiger partial charge on any atom is 0.271 e. The summed E-state index contributed by atoms with van der Waals surface area (Å²) in [6, 6.07) is 13.9. The Morgan fingerprint density at radius 2 is 1.81 bits per heavy atom. The average Bonchev–Trinajstić information content (AvgIpc) is 3.87. The highest BCUT2D eigenvalue weighted by Crippen LogP contribution is 2.33. The number of aromatic amines is 1. The van der Waals surface area contributed by atoms with Gasteiger partial charge in [0.1, 0.15) is 29.1 Å². The molecule has 0 bridgehead atoms. The fourth-order valence-electron chi connectivity index (χ4n) is 5.76. The lowest BCUT2D eigenvalue weighted by molar-refractivity contribution is 0.0929. The standard InChI is InChI=1S/C31H26N12O5/c32-22-23(26(45)25(22)44)34-11-14-2-1-3-15(8-14)12-35-31(48)21-10-20(37-29-24(27(33)46)36-13-43(21)29)30(47)38-19-7-5-16-9-17(4-6-18(16)19)28-39-41-42-40-28/h1-4,6,8-10,13,19,34H,5,7,11-12,32H2,(H2,33,46)(H,35,48)(H,38,47)(H,39,40,41,42)/t19-/m0/s1. The summed E-state index contributed by atoms with van der Waals surface area (Å²) >= 11 is 0. The number of benzene rings is 2. The molecule has 3 heterocycles. The molecule has 240 valence electrons. The van der Waals surface area contributed by atoms with Gasteiger partial charge < -0.3 is 27.4 Å². The number of nitrogens with one attached hydrogen (secondary N) is 4. The lowest BCUT2D eigenvalue weighted by Gasteiger charge is -2.15. The van der Waals surface area contributed by atoms with Crippen LogP contribution in [0.4, 0.5) is 11.4 Å². The van der Waals surface area contributed by atoms with Crippen molar-refractivity contribution in [1.29, 1.82) is 0 Å². The van der Waals surface area contributed by atoms with E-state index >= 15 is 0 Å². The number of H-pyrrole nitrogens is 1. The highest BCUT2D eigenvalue weighted by atomic mass is 16.2. The number of carbonyl (C=O) groups is 3. The summed E-state index contributed by atoms with van der Waals surface area (Å²) in [6.45, 7) is 0.332. The summed E-state index contributed by atoms with van der Waals surface area (Å²) in [5.74, 6) is -1.52. The molecule has 6 aromatic rings. The van der Waals surface area contributed by atoms with E-state index < -0.39 is 28.6 Å². The Bertz CT molecular complexity index is 2320. The summed E-state index contributed by atoms with van der Waals surface area (Å²) < 4.78 is 1.30. The van der Waals surface area contributed by atoms with Crippen molar-refractivity contribution in [2.45, 2.75) is 32.0 Å². The summed E-state index contributed by atoms with van der Waals surface area (Å²) in [4.78, 5) is 70.6. The van der Waals surface area contributed by atoms with Crippen LogP contribution in [0.15, 0.2) is 64.4 Å². The number of fused-ring (bicyclic) bond motifs is 2. The van der Waals surface area contributed by atoms with Crippen LogP contribution in [0.25, 0.3) is 17.0 Å². The number of aromatic nitrogens is 7. The number of amides is 3. The number of anilines is 2. The number of carbonyl (C=O) groups excluding carboxylic acids is 3. The number of nitrogens with two attached hydrogens (primary N) is 2. The van der Waals surface area contributed by atoms with Crippen LogP contribution in [0.3, 0.4) is 0 Å². The minimum atomic E-state index is -0.869. The predicted octanol–water partition coefficient (Wildman–Crippen LogP) is 0.146. The second kappa shape index (κ2) is 11.9. The summed E-state index contributed by atoms with van der Waals surface area (Å²) in [7, 11) is 0. The van der Waals surface area contributed by atoms with Crippen molar-refractivity contribution < 1.29 is 14.4 Å². The van der Waals surface area contributed by atoms with E-state index in [-0.39, 0.29) is 53.2 Å². The van der Waals surface area contributed by atoms with Gasteiger partial charge in [-0.15, -0.1) is 10.2 Å². The van der Waals surface area contributed by atoms with Gasteiger partial charge in [-0.1, -0.05) is 36.4 Å².